The molecular formula is C27H31FN2O7S. The molecule has 0 fully saturated rings. The average molecular weight is 547 g/mol. The lowest BCUT2D eigenvalue weighted by Gasteiger charge is -2.22. The maximum absolute atomic E-state index is 13.1. The number of nitrogens with one attached hydrogen (secondary N) is 2. The molecule has 0 radical (unpaired) electrons. The molecule has 0 saturated heterocycles. The molecule has 0 saturated carbocycles. The second-order valence-corrected chi connectivity index (χ2v) is 9.56. The molecule has 0 aliphatic carbocycles. The van der Waals surface area contributed by atoms with E-state index >= 15 is 0 Å². The van der Waals surface area contributed by atoms with Gasteiger partial charge in [-0.15, -0.1) is 11.8 Å². The molecule has 0 spiro atoms. The first-order chi connectivity index (χ1) is 18.0. The van der Waals surface area contributed by atoms with Crippen molar-refractivity contribution in [1.82, 2.24) is 10.6 Å². The van der Waals surface area contributed by atoms with E-state index in [1.165, 1.54) is 38.1 Å². The van der Waals surface area contributed by atoms with Crippen molar-refractivity contribution in [3.05, 3.63) is 71.2 Å². The van der Waals surface area contributed by atoms with Gasteiger partial charge in [0.05, 0.1) is 38.2 Å². The van der Waals surface area contributed by atoms with Gasteiger partial charge in [-0.2, -0.15) is 0 Å². The summed E-state index contributed by atoms with van der Waals surface area (Å²) in [7, 11) is 2.97. The predicted octanol–water partition coefficient (Wildman–Crippen LogP) is 3.11. The summed E-state index contributed by atoms with van der Waals surface area (Å²) in [5.41, 5.74) is 0.933. The molecule has 2 rings (SSSR count). The smallest absolute Gasteiger partial charge is 0.330 e. The van der Waals surface area contributed by atoms with Gasteiger partial charge in [-0.3, -0.25) is 14.4 Å². The first kappa shape index (κ1) is 30.4. The first-order valence-corrected chi connectivity index (χ1v) is 12.8. The maximum Gasteiger partial charge on any atom is 0.330 e. The Morgan fingerprint density at radius 1 is 1.05 bits per heavy atom. The van der Waals surface area contributed by atoms with E-state index in [4.69, 9.17) is 9.47 Å². The Bertz CT molecular complexity index is 1180. The highest BCUT2D eigenvalue weighted by Gasteiger charge is 2.27. The van der Waals surface area contributed by atoms with Crippen LogP contribution in [0.1, 0.15) is 25.0 Å². The number of halogens is 1. The Balaban J connectivity index is 2.07. The van der Waals surface area contributed by atoms with E-state index in [1.54, 1.807) is 44.2 Å². The van der Waals surface area contributed by atoms with Gasteiger partial charge in [-0.25, -0.2) is 9.18 Å². The summed E-state index contributed by atoms with van der Waals surface area (Å²) in [6.07, 6.45) is 0.520. The van der Waals surface area contributed by atoms with Gasteiger partial charge in [-0.1, -0.05) is 26.0 Å². The number of rotatable bonds is 14. The average Bonchev–Trinajstić information content (AvgIpc) is 2.87. The highest BCUT2D eigenvalue weighted by molar-refractivity contribution is 7.99. The van der Waals surface area contributed by atoms with Gasteiger partial charge in [0.1, 0.15) is 23.4 Å². The number of hydrogen-bond acceptors (Lipinski definition) is 7. The number of carbonyl (C=O) groups excluding carboxylic acids is 3. The van der Waals surface area contributed by atoms with Crippen LogP contribution in [0.3, 0.4) is 0 Å². The van der Waals surface area contributed by atoms with Gasteiger partial charge in [0, 0.05) is 11.3 Å². The predicted molar refractivity (Wildman–Crippen MR) is 141 cm³/mol. The maximum atomic E-state index is 13.1. The van der Waals surface area contributed by atoms with Crippen molar-refractivity contribution >= 4 is 35.3 Å². The summed E-state index contributed by atoms with van der Waals surface area (Å²) in [5, 5.41) is 14.2. The normalized spacial score (nSPS) is 12.0. The van der Waals surface area contributed by atoms with E-state index in [-0.39, 0.29) is 23.9 Å². The van der Waals surface area contributed by atoms with Gasteiger partial charge in [0.25, 0.3) is 0 Å². The van der Waals surface area contributed by atoms with Crippen LogP contribution in [0.2, 0.25) is 0 Å². The molecule has 3 N–H and O–H groups in total. The molecular weight excluding hydrogens is 515 g/mol. The van der Waals surface area contributed by atoms with Crippen molar-refractivity contribution in [3.8, 4) is 11.5 Å². The summed E-state index contributed by atoms with van der Waals surface area (Å²) in [5.74, 6) is -2.70. The van der Waals surface area contributed by atoms with Crippen molar-refractivity contribution in [1.29, 1.82) is 0 Å². The quantitative estimate of drug-likeness (QED) is 0.308. The summed E-state index contributed by atoms with van der Waals surface area (Å²) < 4.78 is 23.5. The summed E-state index contributed by atoms with van der Waals surface area (Å²) in [4.78, 5) is 49.8. The Labute approximate surface area is 224 Å². The van der Waals surface area contributed by atoms with Crippen LogP contribution in [-0.2, 0) is 31.4 Å². The van der Waals surface area contributed by atoms with Crippen LogP contribution >= 0.6 is 11.8 Å². The topological polar surface area (TPSA) is 131 Å². The number of Topliss-reactive ketones (excluding diaryl/α,β-unsaturated/α-hetero) is 1. The molecule has 9 nitrogen and oxygen atoms in total. The fraction of sp³-hybridized carbons (Fsp3) is 0.333. The molecule has 0 aliphatic heterocycles. The van der Waals surface area contributed by atoms with Gasteiger partial charge in [0.2, 0.25) is 11.8 Å². The van der Waals surface area contributed by atoms with Gasteiger partial charge in [0.15, 0.2) is 5.78 Å². The number of ketones is 1. The van der Waals surface area contributed by atoms with Crippen molar-refractivity contribution in [2.75, 3.05) is 20.0 Å². The Morgan fingerprint density at radius 3 is 2.32 bits per heavy atom. The van der Waals surface area contributed by atoms with Crippen molar-refractivity contribution in [2.45, 2.75) is 32.1 Å². The van der Waals surface area contributed by atoms with E-state index in [0.29, 0.717) is 28.9 Å². The molecule has 2 aromatic rings. The Kier molecular flexibility index (Phi) is 11.8. The monoisotopic (exact) mass is 546 g/mol. The van der Waals surface area contributed by atoms with Crippen LogP contribution in [0.5, 0.6) is 11.5 Å². The third kappa shape index (κ3) is 9.55. The number of allylic oxidation sites excluding steroid dienone is 1. The fourth-order valence-corrected chi connectivity index (χ4v) is 4.26. The van der Waals surface area contributed by atoms with Crippen LogP contribution in [-0.4, -0.2) is 54.7 Å². The number of carboxylic acid groups (broad SMARTS) is 1. The number of thioether (sulfide) groups is 1. The molecule has 0 bridgehead atoms. The van der Waals surface area contributed by atoms with Gasteiger partial charge >= 0.3 is 5.97 Å². The van der Waals surface area contributed by atoms with E-state index in [2.05, 4.69) is 10.6 Å². The zero-order valence-electron chi connectivity index (χ0n) is 21.6. The number of carbonyl (C=O) groups is 4. The number of ether oxygens (including phenoxy) is 2. The van der Waals surface area contributed by atoms with E-state index in [1.807, 2.05) is 0 Å². The minimum atomic E-state index is -1.41. The second-order valence-electron chi connectivity index (χ2n) is 8.57. The van der Waals surface area contributed by atoms with E-state index < -0.39 is 35.3 Å². The van der Waals surface area contributed by atoms with Crippen LogP contribution in [0, 0.1) is 11.7 Å². The Morgan fingerprint density at radius 2 is 1.74 bits per heavy atom. The number of methoxy groups -OCH3 is 2. The first-order valence-electron chi connectivity index (χ1n) is 11.6. The molecule has 204 valence electrons. The highest BCUT2D eigenvalue weighted by Crippen LogP contribution is 2.24. The zero-order chi connectivity index (χ0) is 28.2. The van der Waals surface area contributed by atoms with Gasteiger partial charge in [-0.05, 0) is 41.8 Å². The minimum absolute atomic E-state index is 0.104. The van der Waals surface area contributed by atoms with E-state index in [0.717, 1.165) is 5.56 Å². The third-order valence-electron chi connectivity index (χ3n) is 5.35. The second kappa shape index (κ2) is 14.8. The number of carboxylic acids is 1. The molecule has 0 aromatic heterocycles. The number of benzene rings is 2. The summed E-state index contributed by atoms with van der Waals surface area (Å²) in [6, 6.07) is 9.73. The third-order valence-corrected chi connectivity index (χ3v) is 6.35. The Hall–Kier alpha value is -3.86. The number of hydrogen-bond donors (Lipinski definition) is 3. The van der Waals surface area contributed by atoms with Crippen LogP contribution in [0.25, 0.3) is 0 Å². The van der Waals surface area contributed by atoms with Crippen LogP contribution in [0.15, 0.2) is 54.2 Å². The van der Waals surface area contributed by atoms with Crippen molar-refractivity contribution in [2.24, 2.45) is 5.92 Å². The SMILES string of the molecule is COc1ccc(OC)c(CC(=O)N[C@H](C(=O)N/C(=C/C(=O)O)C(=O)CSCc2ccc(F)cc2)C(C)C)c1. The zero-order valence-corrected chi connectivity index (χ0v) is 22.4. The van der Waals surface area contributed by atoms with Gasteiger partial charge < -0.3 is 25.2 Å². The number of amides is 2. The lowest BCUT2D eigenvalue weighted by atomic mass is 10.0. The van der Waals surface area contributed by atoms with Crippen LogP contribution in [0.4, 0.5) is 4.39 Å². The van der Waals surface area contributed by atoms with E-state index in [9.17, 15) is 28.7 Å². The molecule has 0 heterocycles. The lowest BCUT2D eigenvalue weighted by Crippen LogP contribution is -2.50. The fourth-order valence-electron chi connectivity index (χ4n) is 3.39. The molecule has 2 amide bonds. The number of aliphatic carboxylic acids is 1. The standard InChI is InChI=1S/C27H31FN2O7S/c1-16(2)26(30-24(32)12-18-11-20(36-3)9-10-23(18)37-4)27(35)29-21(13-25(33)34)22(31)15-38-14-17-5-7-19(28)8-6-17/h5-11,13,16,26H,12,14-15H2,1-4H3,(H,29,35)(H,30,32)(H,33,34)/b21-13+/t26-/m0/s1. The minimum Gasteiger partial charge on any atom is -0.497 e. The summed E-state index contributed by atoms with van der Waals surface area (Å²) >= 11 is 1.19. The largest absolute Gasteiger partial charge is 0.497 e. The summed E-state index contributed by atoms with van der Waals surface area (Å²) in [6.45, 7) is 3.41. The molecule has 1 atom stereocenters. The van der Waals surface area contributed by atoms with Crippen LogP contribution < -0.4 is 20.1 Å². The van der Waals surface area contributed by atoms with Crippen molar-refractivity contribution in [3.63, 3.8) is 0 Å². The highest BCUT2D eigenvalue weighted by atomic mass is 32.2. The molecule has 0 aliphatic rings. The molecule has 38 heavy (non-hydrogen) atoms. The lowest BCUT2D eigenvalue weighted by molar-refractivity contribution is -0.132. The van der Waals surface area contributed by atoms with Crippen molar-refractivity contribution < 1.29 is 38.1 Å². The molecule has 0 unspecified atom stereocenters. The molecule has 11 heteroatoms. The molecule has 2 aromatic carbocycles.